The van der Waals surface area contributed by atoms with Gasteiger partial charge in [-0.05, 0) is 53.6 Å². The van der Waals surface area contributed by atoms with Gasteiger partial charge in [0.2, 0.25) is 5.91 Å². The topological polar surface area (TPSA) is 46.9 Å². The van der Waals surface area contributed by atoms with Crippen molar-refractivity contribution in [3.8, 4) is 0 Å². The lowest BCUT2D eigenvalue weighted by atomic mass is 9.89. The summed E-state index contributed by atoms with van der Waals surface area (Å²) in [5.74, 6) is 0.242. The molecule has 0 bridgehead atoms. The number of benzene rings is 2. The molecule has 30 heavy (non-hydrogen) atoms. The minimum atomic E-state index is 0.0813. The predicted molar refractivity (Wildman–Crippen MR) is 121 cm³/mol. The standard InChI is InChI=1S/C26H27N3O/c1-29-19-24(23-9-5-6-10-25(23)29)22(12-11-20-7-3-2-4-8-20)17-26(30)28-18-21-13-15-27-16-14-21/h2-10,13-16,19,22H,11-12,17-18H2,1H3,(H,28,30)/t22-/m0/s1. The minimum Gasteiger partial charge on any atom is -0.352 e. The van der Waals surface area contributed by atoms with Crippen LogP contribution >= 0.6 is 0 Å². The number of nitrogens with one attached hydrogen (secondary N) is 1. The summed E-state index contributed by atoms with van der Waals surface area (Å²) in [5.41, 5.74) is 4.82. The van der Waals surface area contributed by atoms with E-state index in [0.717, 1.165) is 18.4 Å². The van der Waals surface area contributed by atoms with E-state index in [2.05, 4.69) is 76.6 Å². The Balaban J connectivity index is 1.52. The van der Waals surface area contributed by atoms with E-state index in [4.69, 9.17) is 0 Å². The van der Waals surface area contributed by atoms with Crippen LogP contribution in [0.25, 0.3) is 10.9 Å². The molecule has 4 nitrogen and oxygen atoms in total. The first-order valence-electron chi connectivity index (χ1n) is 10.4. The molecule has 0 aliphatic heterocycles. The van der Waals surface area contributed by atoms with Crippen molar-refractivity contribution in [3.63, 3.8) is 0 Å². The van der Waals surface area contributed by atoms with E-state index in [1.165, 1.54) is 22.0 Å². The molecule has 0 saturated carbocycles. The molecular formula is C26H27N3O. The summed E-state index contributed by atoms with van der Waals surface area (Å²) in [6, 6.07) is 22.8. The zero-order chi connectivity index (χ0) is 20.8. The molecule has 2 aromatic heterocycles. The van der Waals surface area contributed by atoms with E-state index in [-0.39, 0.29) is 11.8 Å². The van der Waals surface area contributed by atoms with E-state index in [0.29, 0.717) is 13.0 Å². The first-order chi connectivity index (χ1) is 14.7. The Labute approximate surface area is 177 Å². The number of nitrogens with zero attached hydrogens (tertiary/aromatic N) is 2. The van der Waals surface area contributed by atoms with Crippen LogP contribution in [0.4, 0.5) is 0 Å². The highest BCUT2D eigenvalue weighted by Gasteiger charge is 2.20. The second kappa shape index (κ2) is 9.40. The SMILES string of the molecule is Cn1cc([C@@H](CCc2ccccc2)CC(=O)NCc2ccncc2)c2ccccc21. The summed E-state index contributed by atoms with van der Waals surface area (Å²) in [6.07, 6.45) is 8.05. The molecule has 0 aliphatic carbocycles. The molecule has 0 unspecified atom stereocenters. The van der Waals surface area contributed by atoms with Gasteiger partial charge >= 0.3 is 0 Å². The fraction of sp³-hybridized carbons (Fsp3) is 0.231. The number of aryl methyl sites for hydroxylation is 2. The van der Waals surface area contributed by atoms with E-state index >= 15 is 0 Å². The van der Waals surface area contributed by atoms with Gasteiger partial charge in [-0.25, -0.2) is 0 Å². The van der Waals surface area contributed by atoms with Gasteiger partial charge in [0.1, 0.15) is 0 Å². The number of pyridine rings is 1. The van der Waals surface area contributed by atoms with Crippen LogP contribution in [-0.2, 0) is 24.8 Å². The molecule has 4 heteroatoms. The van der Waals surface area contributed by atoms with Gasteiger partial charge in [-0.15, -0.1) is 0 Å². The van der Waals surface area contributed by atoms with Gasteiger partial charge in [0.25, 0.3) is 0 Å². The van der Waals surface area contributed by atoms with Crippen molar-refractivity contribution < 1.29 is 4.79 Å². The number of fused-ring (bicyclic) bond motifs is 1. The third-order valence-corrected chi connectivity index (χ3v) is 5.66. The maximum atomic E-state index is 12.8. The van der Waals surface area contributed by atoms with Crippen molar-refractivity contribution in [2.24, 2.45) is 7.05 Å². The van der Waals surface area contributed by atoms with Crippen molar-refractivity contribution in [1.29, 1.82) is 0 Å². The number of hydrogen-bond acceptors (Lipinski definition) is 2. The van der Waals surface area contributed by atoms with Crippen molar-refractivity contribution in [3.05, 3.63) is 102 Å². The second-order valence-corrected chi connectivity index (χ2v) is 7.77. The van der Waals surface area contributed by atoms with Crippen molar-refractivity contribution in [2.75, 3.05) is 0 Å². The fourth-order valence-corrected chi connectivity index (χ4v) is 4.05. The normalized spacial score (nSPS) is 12.0. The predicted octanol–water partition coefficient (Wildman–Crippen LogP) is 5.00. The molecule has 0 spiro atoms. The molecule has 4 aromatic rings. The zero-order valence-corrected chi connectivity index (χ0v) is 17.3. The van der Waals surface area contributed by atoms with Crippen LogP contribution in [0.3, 0.4) is 0 Å². The van der Waals surface area contributed by atoms with Crippen LogP contribution in [0.2, 0.25) is 0 Å². The van der Waals surface area contributed by atoms with Crippen LogP contribution in [0.5, 0.6) is 0 Å². The van der Waals surface area contributed by atoms with E-state index in [1.54, 1.807) is 12.4 Å². The number of hydrogen-bond donors (Lipinski definition) is 1. The van der Waals surface area contributed by atoms with Gasteiger partial charge in [-0.1, -0.05) is 48.5 Å². The van der Waals surface area contributed by atoms with Crippen molar-refractivity contribution in [2.45, 2.75) is 31.7 Å². The Morgan fingerprint density at radius 2 is 1.70 bits per heavy atom. The Bertz CT molecular complexity index is 1100. The Kier molecular flexibility index (Phi) is 6.23. The average molecular weight is 398 g/mol. The van der Waals surface area contributed by atoms with Crippen LogP contribution < -0.4 is 5.32 Å². The minimum absolute atomic E-state index is 0.0813. The first kappa shape index (κ1) is 19.9. The molecule has 152 valence electrons. The summed E-state index contributed by atoms with van der Waals surface area (Å²) in [7, 11) is 2.07. The lowest BCUT2D eigenvalue weighted by molar-refractivity contribution is -0.121. The van der Waals surface area contributed by atoms with Crippen LogP contribution in [0, 0.1) is 0 Å². The van der Waals surface area contributed by atoms with Crippen LogP contribution in [-0.4, -0.2) is 15.5 Å². The summed E-state index contributed by atoms with van der Waals surface area (Å²) in [5, 5.41) is 4.31. The zero-order valence-electron chi connectivity index (χ0n) is 17.3. The first-order valence-corrected chi connectivity index (χ1v) is 10.4. The molecule has 0 fully saturated rings. The number of carbonyl (C=O) groups is 1. The molecule has 4 rings (SSSR count). The maximum Gasteiger partial charge on any atom is 0.220 e. The van der Waals surface area contributed by atoms with E-state index in [9.17, 15) is 4.79 Å². The number of para-hydroxylation sites is 1. The summed E-state index contributed by atoms with van der Waals surface area (Å²) >= 11 is 0. The lowest BCUT2D eigenvalue weighted by Gasteiger charge is -2.17. The highest BCUT2D eigenvalue weighted by atomic mass is 16.1. The van der Waals surface area contributed by atoms with E-state index < -0.39 is 0 Å². The van der Waals surface area contributed by atoms with E-state index in [1.807, 2.05) is 18.2 Å². The number of rotatable bonds is 8. The van der Waals surface area contributed by atoms with Gasteiger partial charge in [0, 0.05) is 49.5 Å². The highest BCUT2D eigenvalue weighted by Crippen LogP contribution is 2.32. The number of aromatic nitrogens is 2. The van der Waals surface area contributed by atoms with Gasteiger partial charge in [-0.3, -0.25) is 9.78 Å². The number of amides is 1. The summed E-state index contributed by atoms with van der Waals surface area (Å²) < 4.78 is 2.16. The van der Waals surface area contributed by atoms with Crippen LogP contribution in [0.1, 0.15) is 35.4 Å². The van der Waals surface area contributed by atoms with Gasteiger partial charge in [-0.2, -0.15) is 0 Å². The third-order valence-electron chi connectivity index (χ3n) is 5.66. The fourth-order valence-electron chi connectivity index (χ4n) is 4.05. The van der Waals surface area contributed by atoms with Crippen molar-refractivity contribution >= 4 is 16.8 Å². The van der Waals surface area contributed by atoms with Gasteiger partial charge in [0.15, 0.2) is 0 Å². The smallest absolute Gasteiger partial charge is 0.220 e. The number of carbonyl (C=O) groups excluding carboxylic acids is 1. The highest BCUT2D eigenvalue weighted by molar-refractivity contribution is 5.85. The molecule has 0 saturated heterocycles. The summed E-state index contributed by atoms with van der Waals surface area (Å²) in [6.45, 7) is 0.530. The Morgan fingerprint density at radius 3 is 2.50 bits per heavy atom. The summed E-state index contributed by atoms with van der Waals surface area (Å²) in [4.78, 5) is 16.9. The van der Waals surface area contributed by atoms with Gasteiger partial charge < -0.3 is 9.88 Å². The molecule has 2 aromatic carbocycles. The van der Waals surface area contributed by atoms with Crippen LogP contribution in [0.15, 0.2) is 85.3 Å². The lowest BCUT2D eigenvalue weighted by Crippen LogP contribution is -2.24. The Hall–Kier alpha value is -3.40. The molecule has 2 heterocycles. The molecule has 1 atom stereocenters. The largest absolute Gasteiger partial charge is 0.352 e. The Morgan fingerprint density at radius 1 is 0.967 bits per heavy atom. The quantitative estimate of drug-likeness (QED) is 0.455. The molecule has 1 amide bonds. The molecule has 0 radical (unpaired) electrons. The average Bonchev–Trinajstić information content (AvgIpc) is 3.13. The molecule has 1 N–H and O–H groups in total. The van der Waals surface area contributed by atoms with Gasteiger partial charge in [0.05, 0.1) is 0 Å². The van der Waals surface area contributed by atoms with Crippen molar-refractivity contribution in [1.82, 2.24) is 14.9 Å². The second-order valence-electron chi connectivity index (χ2n) is 7.77. The molecular weight excluding hydrogens is 370 g/mol. The third kappa shape index (κ3) is 4.77. The maximum absolute atomic E-state index is 12.8. The monoisotopic (exact) mass is 397 g/mol. The molecule has 0 aliphatic rings.